The van der Waals surface area contributed by atoms with Crippen LogP contribution >= 0.6 is 0 Å². The second-order valence-corrected chi connectivity index (χ2v) is 5.97. The summed E-state index contributed by atoms with van der Waals surface area (Å²) in [5.74, 6) is 1.02. The molecule has 1 heterocycles. The predicted octanol–water partition coefficient (Wildman–Crippen LogP) is 2.07. The van der Waals surface area contributed by atoms with Crippen molar-refractivity contribution in [3.63, 3.8) is 0 Å². The smallest absolute Gasteiger partial charge is 0.222 e. The molecular formula is C14H27FN2O. The summed E-state index contributed by atoms with van der Waals surface area (Å²) in [5, 5.41) is 3.16. The number of amides is 1. The molecule has 1 amide bonds. The van der Waals surface area contributed by atoms with Gasteiger partial charge in [0.2, 0.25) is 5.91 Å². The highest BCUT2D eigenvalue weighted by molar-refractivity contribution is 5.78. The van der Waals surface area contributed by atoms with Crippen molar-refractivity contribution in [2.24, 2.45) is 17.8 Å². The fraction of sp³-hybridized carbons (Fsp3) is 0.929. The lowest BCUT2D eigenvalue weighted by Crippen LogP contribution is -2.46. The number of halogens is 1. The van der Waals surface area contributed by atoms with Gasteiger partial charge in [0, 0.05) is 25.0 Å². The molecule has 0 aromatic rings. The lowest BCUT2D eigenvalue weighted by Gasteiger charge is -2.29. The van der Waals surface area contributed by atoms with Gasteiger partial charge >= 0.3 is 0 Å². The number of nitrogens with zero attached hydrogens (tertiary/aromatic N) is 1. The van der Waals surface area contributed by atoms with Gasteiger partial charge in [0.1, 0.15) is 6.67 Å². The summed E-state index contributed by atoms with van der Waals surface area (Å²) in [7, 11) is 0. The fourth-order valence-electron chi connectivity index (χ4n) is 2.64. The van der Waals surface area contributed by atoms with Crippen molar-refractivity contribution < 1.29 is 9.18 Å². The van der Waals surface area contributed by atoms with Gasteiger partial charge in [0.15, 0.2) is 0 Å². The number of alkyl halides is 1. The molecule has 1 aliphatic rings. The van der Waals surface area contributed by atoms with Gasteiger partial charge in [-0.2, -0.15) is 0 Å². The van der Waals surface area contributed by atoms with Gasteiger partial charge in [-0.3, -0.25) is 4.79 Å². The molecule has 0 aromatic carbocycles. The standard InChI is InChI=1S/C14H27FN2O/c1-10(2)13(16-14(18)11(3)4)12-5-7-17(9-12)8-6-15/h10-13H,5-9H2,1-4H3,(H,16,18)/t12-,13-/m0/s1. The Morgan fingerprint density at radius 1 is 1.39 bits per heavy atom. The Morgan fingerprint density at radius 3 is 2.56 bits per heavy atom. The van der Waals surface area contributed by atoms with E-state index in [1.807, 2.05) is 13.8 Å². The van der Waals surface area contributed by atoms with E-state index in [1.54, 1.807) is 0 Å². The third-order valence-corrected chi connectivity index (χ3v) is 3.77. The number of carbonyl (C=O) groups is 1. The van der Waals surface area contributed by atoms with Crippen molar-refractivity contribution in [3.05, 3.63) is 0 Å². The molecule has 0 unspecified atom stereocenters. The van der Waals surface area contributed by atoms with Crippen LogP contribution in [0.1, 0.15) is 34.1 Å². The van der Waals surface area contributed by atoms with E-state index >= 15 is 0 Å². The third-order valence-electron chi connectivity index (χ3n) is 3.77. The molecule has 0 aliphatic carbocycles. The first-order chi connectivity index (χ1) is 8.45. The molecule has 0 bridgehead atoms. The molecule has 106 valence electrons. The monoisotopic (exact) mass is 258 g/mol. The number of likely N-dealkylation sites (tertiary alicyclic amines) is 1. The van der Waals surface area contributed by atoms with Crippen molar-refractivity contribution in [1.82, 2.24) is 10.2 Å². The van der Waals surface area contributed by atoms with Crippen LogP contribution in [0, 0.1) is 17.8 Å². The second kappa shape index (κ2) is 7.07. The molecule has 1 fully saturated rings. The van der Waals surface area contributed by atoms with Crippen LogP contribution in [0.25, 0.3) is 0 Å². The zero-order chi connectivity index (χ0) is 13.7. The quantitative estimate of drug-likeness (QED) is 0.791. The Bertz CT molecular complexity index is 269. The number of nitrogens with one attached hydrogen (secondary N) is 1. The molecular weight excluding hydrogens is 231 g/mol. The van der Waals surface area contributed by atoms with Crippen molar-refractivity contribution in [1.29, 1.82) is 0 Å². The van der Waals surface area contributed by atoms with Crippen LogP contribution in [-0.2, 0) is 4.79 Å². The Balaban J connectivity index is 2.55. The van der Waals surface area contributed by atoms with Crippen LogP contribution in [0.3, 0.4) is 0 Å². The minimum absolute atomic E-state index is 0.0228. The average molecular weight is 258 g/mol. The predicted molar refractivity (Wildman–Crippen MR) is 72.1 cm³/mol. The Morgan fingerprint density at radius 2 is 2.06 bits per heavy atom. The van der Waals surface area contributed by atoms with Gasteiger partial charge in [0.25, 0.3) is 0 Å². The molecule has 3 nitrogen and oxygen atoms in total. The Hall–Kier alpha value is -0.640. The number of hydrogen-bond acceptors (Lipinski definition) is 2. The normalized spacial score (nSPS) is 22.7. The molecule has 2 atom stereocenters. The Kier molecular flexibility index (Phi) is 6.06. The first kappa shape index (κ1) is 15.4. The van der Waals surface area contributed by atoms with Crippen LogP contribution in [0.15, 0.2) is 0 Å². The molecule has 1 rings (SSSR count). The van der Waals surface area contributed by atoms with E-state index in [9.17, 15) is 9.18 Å². The molecule has 4 heteroatoms. The van der Waals surface area contributed by atoms with E-state index < -0.39 is 0 Å². The minimum Gasteiger partial charge on any atom is -0.353 e. The highest BCUT2D eigenvalue weighted by atomic mass is 19.1. The zero-order valence-corrected chi connectivity index (χ0v) is 12.1. The maximum Gasteiger partial charge on any atom is 0.222 e. The maximum atomic E-state index is 12.3. The lowest BCUT2D eigenvalue weighted by atomic mass is 9.89. The highest BCUT2D eigenvalue weighted by Crippen LogP contribution is 2.24. The SMILES string of the molecule is CC(C)C(=O)N[C@@H](C(C)C)[C@H]1CCN(CCF)C1. The van der Waals surface area contributed by atoms with Gasteiger partial charge in [-0.25, -0.2) is 4.39 Å². The first-order valence-corrected chi connectivity index (χ1v) is 7.04. The number of carbonyl (C=O) groups excluding carboxylic acids is 1. The largest absolute Gasteiger partial charge is 0.353 e. The molecule has 0 radical (unpaired) electrons. The number of rotatable bonds is 6. The maximum absolute atomic E-state index is 12.3. The number of hydrogen-bond donors (Lipinski definition) is 1. The van der Waals surface area contributed by atoms with Crippen molar-refractivity contribution in [2.45, 2.75) is 40.2 Å². The lowest BCUT2D eigenvalue weighted by molar-refractivity contribution is -0.125. The summed E-state index contributed by atoms with van der Waals surface area (Å²) in [5.41, 5.74) is 0. The fourth-order valence-corrected chi connectivity index (χ4v) is 2.64. The van der Waals surface area contributed by atoms with E-state index in [-0.39, 0.29) is 24.5 Å². The summed E-state index contributed by atoms with van der Waals surface area (Å²) in [6.45, 7) is 10.2. The van der Waals surface area contributed by atoms with Crippen molar-refractivity contribution in [3.8, 4) is 0 Å². The summed E-state index contributed by atoms with van der Waals surface area (Å²) >= 11 is 0. The van der Waals surface area contributed by atoms with E-state index in [0.717, 1.165) is 19.5 Å². The van der Waals surface area contributed by atoms with E-state index in [2.05, 4.69) is 24.1 Å². The van der Waals surface area contributed by atoms with Gasteiger partial charge in [-0.1, -0.05) is 27.7 Å². The van der Waals surface area contributed by atoms with Crippen molar-refractivity contribution >= 4 is 5.91 Å². The molecule has 0 aromatic heterocycles. The van der Waals surface area contributed by atoms with E-state index in [1.165, 1.54) is 0 Å². The minimum atomic E-state index is -0.280. The topological polar surface area (TPSA) is 32.3 Å². The van der Waals surface area contributed by atoms with Gasteiger partial charge < -0.3 is 10.2 Å². The van der Waals surface area contributed by atoms with Crippen molar-refractivity contribution in [2.75, 3.05) is 26.3 Å². The average Bonchev–Trinajstić information content (AvgIpc) is 2.73. The molecule has 0 spiro atoms. The third kappa shape index (κ3) is 4.23. The molecule has 18 heavy (non-hydrogen) atoms. The second-order valence-electron chi connectivity index (χ2n) is 5.97. The Labute approximate surface area is 110 Å². The molecule has 1 saturated heterocycles. The van der Waals surface area contributed by atoms with Crippen LogP contribution < -0.4 is 5.32 Å². The first-order valence-electron chi connectivity index (χ1n) is 7.04. The van der Waals surface area contributed by atoms with Crippen LogP contribution in [0.2, 0.25) is 0 Å². The van der Waals surface area contributed by atoms with Crippen LogP contribution in [0.5, 0.6) is 0 Å². The molecule has 1 N–H and O–H groups in total. The summed E-state index contributed by atoms with van der Waals surface area (Å²) in [4.78, 5) is 14.0. The van der Waals surface area contributed by atoms with E-state index in [4.69, 9.17) is 0 Å². The molecule has 1 aliphatic heterocycles. The summed E-state index contributed by atoms with van der Waals surface area (Å²) in [6, 6.07) is 0.213. The van der Waals surface area contributed by atoms with Gasteiger partial charge in [-0.05, 0) is 24.8 Å². The van der Waals surface area contributed by atoms with E-state index in [0.29, 0.717) is 18.4 Å². The summed E-state index contributed by atoms with van der Waals surface area (Å²) < 4.78 is 12.3. The van der Waals surface area contributed by atoms with Gasteiger partial charge in [-0.15, -0.1) is 0 Å². The summed E-state index contributed by atoms with van der Waals surface area (Å²) in [6.07, 6.45) is 1.06. The highest BCUT2D eigenvalue weighted by Gasteiger charge is 2.32. The van der Waals surface area contributed by atoms with Crippen LogP contribution in [-0.4, -0.2) is 43.2 Å². The van der Waals surface area contributed by atoms with Crippen LogP contribution in [0.4, 0.5) is 4.39 Å². The zero-order valence-electron chi connectivity index (χ0n) is 12.1. The molecule has 0 saturated carbocycles. The van der Waals surface area contributed by atoms with Gasteiger partial charge in [0.05, 0.1) is 0 Å².